The molecule has 0 aliphatic carbocycles. The summed E-state index contributed by atoms with van der Waals surface area (Å²) < 4.78 is 6.68. The van der Waals surface area contributed by atoms with Crippen molar-refractivity contribution < 1.29 is 9.53 Å². The van der Waals surface area contributed by atoms with Crippen molar-refractivity contribution in [1.82, 2.24) is 15.1 Å². The second-order valence-electron chi connectivity index (χ2n) is 5.17. The summed E-state index contributed by atoms with van der Waals surface area (Å²) in [6.45, 7) is 5.14. The third-order valence-corrected chi connectivity index (χ3v) is 3.91. The van der Waals surface area contributed by atoms with E-state index in [2.05, 4.69) is 21.2 Å². The maximum absolute atomic E-state index is 12.1. The summed E-state index contributed by atoms with van der Waals surface area (Å²) in [5.41, 5.74) is 0. The summed E-state index contributed by atoms with van der Waals surface area (Å²) in [6.07, 6.45) is 0. The van der Waals surface area contributed by atoms with Gasteiger partial charge in [-0.2, -0.15) is 0 Å². The number of hydrogen-bond donors (Lipinski definition) is 1. The molecule has 22 heavy (non-hydrogen) atoms. The van der Waals surface area contributed by atoms with Crippen LogP contribution in [0.2, 0.25) is 0 Å². The molecule has 0 aromatic heterocycles. The van der Waals surface area contributed by atoms with Crippen molar-refractivity contribution in [1.29, 1.82) is 0 Å². The Morgan fingerprint density at radius 2 is 2.14 bits per heavy atom. The highest BCUT2D eigenvalue weighted by molar-refractivity contribution is 9.10. The van der Waals surface area contributed by atoms with E-state index in [1.807, 2.05) is 41.1 Å². The van der Waals surface area contributed by atoms with Crippen molar-refractivity contribution in [2.75, 3.05) is 52.9 Å². The molecule has 2 rings (SSSR count). The fourth-order valence-corrected chi connectivity index (χ4v) is 2.58. The fraction of sp³-hybridized carbons (Fsp3) is 0.533. The quantitative estimate of drug-likeness (QED) is 0.799. The average molecular weight is 393 g/mol. The lowest BCUT2D eigenvalue weighted by molar-refractivity contribution is -0.132. The summed E-state index contributed by atoms with van der Waals surface area (Å²) >= 11 is 3.41. The normalized spacial score (nSPS) is 14.6. The van der Waals surface area contributed by atoms with Crippen LogP contribution in [0.1, 0.15) is 0 Å². The molecule has 0 atom stereocenters. The molecule has 0 unspecified atom stereocenters. The van der Waals surface area contributed by atoms with E-state index in [9.17, 15) is 4.79 Å². The standard InChI is InChI=1S/C15H22BrN3O2.ClH/c1-18(12-15(20)19-7-5-17-6-8-19)9-10-21-14-4-2-3-13(16)11-14;/h2-4,11,17H,5-10,12H2,1H3;1H. The molecule has 1 fully saturated rings. The zero-order valence-electron chi connectivity index (χ0n) is 12.8. The lowest BCUT2D eigenvalue weighted by Gasteiger charge is -2.29. The number of carbonyl (C=O) groups excluding carboxylic acids is 1. The van der Waals surface area contributed by atoms with Gasteiger partial charge >= 0.3 is 0 Å². The van der Waals surface area contributed by atoms with Gasteiger partial charge in [0.05, 0.1) is 6.54 Å². The molecule has 1 amide bonds. The van der Waals surface area contributed by atoms with Crippen LogP contribution < -0.4 is 10.1 Å². The number of nitrogens with one attached hydrogen (secondary N) is 1. The zero-order chi connectivity index (χ0) is 15.1. The third-order valence-electron chi connectivity index (χ3n) is 3.41. The second-order valence-corrected chi connectivity index (χ2v) is 6.09. The van der Waals surface area contributed by atoms with Gasteiger partial charge in [0.25, 0.3) is 0 Å². The van der Waals surface area contributed by atoms with Crippen LogP contribution in [0.15, 0.2) is 28.7 Å². The molecular formula is C15H23BrClN3O2. The molecule has 124 valence electrons. The predicted octanol–water partition coefficient (Wildman–Crippen LogP) is 1.61. The highest BCUT2D eigenvalue weighted by Gasteiger charge is 2.17. The highest BCUT2D eigenvalue weighted by Crippen LogP contribution is 2.17. The molecule has 1 heterocycles. The van der Waals surface area contributed by atoms with E-state index in [0.717, 1.165) is 42.9 Å². The van der Waals surface area contributed by atoms with Gasteiger partial charge in [-0.25, -0.2) is 0 Å². The number of hydrogen-bond acceptors (Lipinski definition) is 4. The van der Waals surface area contributed by atoms with Crippen LogP contribution in [0.5, 0.6) is 5.75 Å². The maximum Gasteiger partial charge on any atom is 0.236 e. The molecular weight excluding hydrogens is 370 g/mol. The Morgan fingerprint density at radius 3 is 2.82 bits per heavy atom. The molecule has 1 saturated heterocycles. The van der Waals surface area contributed by atoms with E-state index >= 15 is 0 Å². The van der Waals surface area contributed by atoms with Gasteiger partial charge < -0.3 is 15.0 Å². The number of piperazine rings is 1. The van der Waals surface area contributed by atoms with Crippen molar-refractivity contribution in [3.63, 3.8) is 0 Å². The minimum atomic E-state index is 0. The molecule has 1 aliphatic rings. The number of nitrogens with zero attached hydrogens (tertiary/aromatic N) is 2. The molecule has 0 saturated carbocycles. The molecule has 1 aliphatic heterocycles. The zero-order valence-corrected chi connectivity index (χ0v) is 15.2. The van der Waals surface area contributed by atoms with Gasteiger partial charge in [-0.3, -0.25) is 9.69 Å². The van der Waals surface area contributed by atoms with Gasteiger partial charge in [-0.05, 0) is 25.2 Å². The Balaban J connectivity index is 0.00000242. The number of benzene rings is 1. The molecule has 0 bridgehead atoms. The monoisotopic (exact) mass is 391 g/mol. The number of carbonyl (C=O) groups is 1. The van der Waals surface area contributed by atoms with E-state index < -0.39 is 0 Å². The lowest BCUT2D eigenvalue weighted by Crippen LogP contribution is -2.49. The van der Waals surface area contributed by atoms with E-state index in [-0.39, 0.29) is 18.3 Å². The first-order valence-electron chi connectivity index (χ1n) is 7.20. The Morgan fingerprint density at radius 1 is 1.41 bits per heavy atom. The van der Waals surface area contributed by atoms with E-state index in [0.29, 0.717) is 13.2 Å². The summed E-state index contributed by atoms with van der Waals surface area (Å²) in [4.78, 5) is 16.0. The summed E-state index contributed by atoms with van der Waals surface area (Å²) in [6, 6.07) is 7.77. The number of halogens is 2. The van der Waals surface area contributed by atoms with Crippen molar-refractivity contribution in [3.8, 4) is 5.75 Å². The van der Waals surface area contributed by atoms with Crippen LogP contribution in [0.3, 0.4) is 0 Å². The fourth-order valence-electron chi connectivity index (χ4n) is 2.20. The van der Waals surface area contributed by atoms with Gasteiger partial charge in [0, 0.05) is 37.2 Å². The maximum atomic E-state index is 12.1. The Bertz CT molecular complexity index is 470. The topological polar surface area (TPSA) is 44.8 Å². The van der Waals surface area contributed by atoms with Crippen LogP contribution in [-0.4, -0.2) is 68.6 Å². The second kappa shape index (κ2) is 10.0. The minimum Gasteiger partial charge on any atom is -0.492 e. The molecule has 1 aromatic carbocycles. The van der Waals surface area contributed by atoms with E-state index in [1.165, 1.54) is 0 Å². The molecule has 1 aromatic rings. The van der Waals surface area contributed by atoms with Gasteiger partial charge in [-0.1, -0.05) is 22.0 Å². The largest absolute Gasteiger partial charge is 0.492 e. The third kappa shape index (κ3) is 6.52. The molecule has 0 radical (unpaired) electrons. The van der Waals surface area contributed by atoms with Crippen LogP contribution in [0, 0.1) is 0 Å². The minimum absolute atomic E-state index is 0. The van der Waals surface area contributed by atoms with Crippen molar-refractivity contribution >= 4 is 34.2 Å². The molecule has 5 nitrogen and oxygen atoms in total. The first kappa shape index (κ1) is 19.2. The van der Waals surface area contributed by atoms with Crippen LogP contribution in [0.25, 0.3) is 0 Å². The van der Waals surface area contributed by atoms with E-state index in [4.69, 9.17) is 4.74 Å². The number of rotatable bonds is 6. The van der Waals surface area contributed by atoms with Crippen molar-refractivity contribution in [3.05, 3.63) is 28.7 Å². The lowest BCUT2D eigenvalue weighted by atomic mass is 10.3. The first-order chi connectivity index (χ1) is 10.1. The van der Waals surface area contributed by atoms with Gasteiger partial charge in [-0.15, -0.1) is 12.4 Å². The summed E-state index contributed by atoms with van der Waals surface area (Å²) in [5, 5.41) is 3.25. The Hall–Kier alpha value is -0.820. The Labute approximate surface area is 146 Å². The van der Waals surface area contributed by atoms with Crippen LogP contribution in [-0.2, 0) is 4.79 Å². The van der Waals surface area contributed by atoms with Gasteiger partial charge in [0.1, 0.15) is 12.4 Å². The Kier molecular flexibility index (Phi) is 8.78. The SMILES string of the molecule is CN(CCOc1cccc(Br)c1)CC(=O)N1CCNCC1.Cl. The first-order valence-corrected chi connectivity index (χ1v) is 8.00. The van der Waals surface area contributed by atoms with Crippen molar-refractivity contribution in [2.45, 2.75) is 0 Å². The van der Waals surface area contributed by atoms with E-state index in [1.54, 1.807) is 0 Å². The van der Waals surface area contributed by atoms with Crippen LogP contribution >= 0.6 is 28.3 Å². The van der Waals surface area contributed by atoms with Crippen molar-refractivity contribution in [2.24, 2.45) is 0 Å². The summed E-state index contributed by atoms with van der Waals surface area (Å²) in [7, 11) is 1.95. The number of ether oxygens (including phenoxy) is 1. The number of likely N-dealkylation sites (N-methyl/N-ethyl adjacent to an activating group) is 1. The average Bonchev–Trinajstić information content (AvgIpc) is 2.48. The number of amides is 1. The van der Waals surface area contributed by atoms with Crippen LogP contribution in [0.4, 0.5) is 0 Å². The summed E-state index contributed by atoms with van der Waals surface area (Å²) in [5.74, 6) is 1.03. The smallest absolute Gasteiger partial charge is 0.236 e. The van der Waals surface area contributed by atoms with Gasteiger partial charge in [0.15, 0.2) is 0 Å². The predicted molar refractivity (Wildman–Crippen MR) is 93.8 cm³/mol. The molecule has 0 spiro atoms. The van der Waals surface area contributed by atoms with Gasteiger partial charge in [0.2, 0.25) is 5.91 Å². The molecule has 7 heteroatoms. The highest BCUT2D eigenvalue weighted by atomic mass is 79.9. The molecule has 1 N–H and O–H groups in total.